The third kappa shape index (κ3) is 2.84. The van der Waals surface area contributed by atoms with E-state index in [-0.39, 0.29) is 5.54 Å². The second-order valence-electron chi connectivity index (χ2n) is 6.70. The first-order valence-corrected chi connectivity index (χ1v) is 7.51. The summed E-state index contributed by atoms with van der Waals surface area (Å²) in [5.41, 5.74) is 6.29. The maximum atomic E-state index is 12.2. The number of nitrogens with zero attached hydrogens (tertiary/aromatic N) is 3. The molecule has 1 aromatic heterocycles. The number of methoxy groups -OCH3 is 1. The lowest BCUT2D eigenvalue weighted by atomic mass is 10.0. The van der Waals surface area contributed by atoms with Crippen molar-refractivity contribution in [2.24, 2.45) is 0 Å². The predicted octanol–water partition coefficient (Wildman–Crippen LogP) is 2.39. The Morgan fingerprint density at radius 1 is 1.38 bits per heavy atom. The topological polar surface area (TPSA) is 73.4 Å². The van der Waals surface area contributed by atoms with Crippen LogP contribution in [0, 0.1) is 0 Å². The van der Waals surface area contributed by atoms with Crippen molar-refractivity contribution in [1.29, 1.82) is 0 Å². The third-order valence-electron chi connectivity index (χ3n) is 4.00. The van der Waals surface area contributed by atoms with E-state index in [1.54, 1.807) is 4.68 Å². The van der Waals surface area contributed by atoms with Crippen LogP contribution < -0.4 is 10.6 Å². The third-order valence-corrected chi connectivity index (χ3v) is 4.00. The molecule has 2 heterocycles. The van der Waals surface area contributed by atoms with Crippen molar-refractivity contribution in [2.75, 3.05) is 24.3 Å². The van der Waals surface area contributed by atoms with Gasteiger partial charge in [0.15, 0.2) is 5.82 Å². The largest absolute Gasteiger partial charge is 0.465 e. The van der Waals surface area contributed by atoms with Gasteiger partial charge in [-0.05, 0) is 47.0 Å². The van der Waals surface area contributed by atoms with Crippen LogP contribution in [0.2, 0.25) is 0 Å². The SMILES string of the molecule is COC(=O)c1c(N2CCCCC2C)nn(C(C)(C)C)c1N. The molecule has 6 heteroatoms. The van der Waals surface area contributed by atoms with Crippen molar-refractivity contribution in [3.05, 3.63) is 5.56 Å². The van der Waals surface area contributed by atoms with E-state index >= 15 is 0 Å². The molecule has 2 rings (SSSR count). The molecule has 0 amide bonds. The molecule has 1 fully saturated rings. The molecule has 6 nitrogen and oxygen atoms in total. The highest BCUT2D eigenvalue weighted by molar-refractivity contribution is 6.00. The van der Waals surface area contributed by atoms with Gasteiger partial charge in [0.1, 0.15) is 11.4 Å². The Balaban J connectivity index is 2.55. The monoisotopic (exact) mass is 294 g/mol. The van der Waals surface area contributed by atoms with E-state index in [0.29, 0.717) is 23.2 Å². The molecule has 0 aliphatic carbocycles. The van der Waals surface area contributed by atoms with Gasteiger partial charge in [-0.3, -0.25) is 0 Å². The molecule has 1 aliphatic rings. The van der Waals surface area contributed by atoms with Crippen molar-refractivity contribution in [1.82, 2.24) is 9.78 Å². The van der Waals surface area contributed by atoms with Crippen LogP contribution in [-0.4, -0.2) is 35.4 Å². The van der Waals surface area contributed by atoms with E-state index in [2.05, 4.69) is 16.9 Å². The Kier molecular flexibility index (Phi) is 4.16. The van der Waals surface area contributed by atoms with E-state index in [1.807, 2.05) is 20.8 Å². The molecule has 1 unspecified atom stereocenters. The van der Waals surface area contributed by atoms with Gasteiger partial charge in [0.25, 0.3) is 0 Å². The van der Waals surface area contributed by atoms with Crippen molar-refractivity contribution >= 4 is 17.6 Å². The number of piperidine rings is 1. The van der Waals surface area contributed by atoms with Gasteiger partial charge in [-0.1, -0.05) is 0 Å². The van der Waals surface area contributed by atoms with Gasteiger partial charge >= 0.3 is 5.97 Å². The Labute approximate surface area is 126 Å². The van der Waals surface area contributed by atoms with Crippen LogP contribution in [0.5, 0.6) is 0 Å². The second-order valence-corrected chi connectivity index (χ2v) is 6.70. The summed E-state index contributed by atoms with van der Waals surface area (Å²) >= 11 is 0. The number of ether oxygens (including phenoxy) is 1. The lowest BCUT2D eigenvalue weighted by Crippen LogP contribution is -2.38. The fourth-order valence-corrected chi connectivity index (χ4v) is 2.84. The van der Waals surface area contributed by atoms with Crippen LogP contribution >= 0.6 is 0 Å². The van der Waals surface area contributed by atoms with E-state index in [1.165, 1.54) is 13.5 Å². The molecular weight excluding hydrogens is 268 g/mol. The number of carbonyl (C=O) groups is 1. The Bertz CT molecular complexity index is 531. The molecule has 1 aliphatic heterocycles. The summed E-state index contributed by atoms with van der Waals surface area (Å²) in [5.74, 6) is 0.611. The normalized spacial score (nSPS) is 19.7. The maximum Gasteiger partial charge on any atom is 0.345 e. The molecule has 1 atom stereocenters. The molecule has 0 aromatic carbocycles. The first-order chi connectivity index (χ1) is 9.77. The molecule has 1 aromatic rings. The van der Waals surface area contributed by atoms with Gasteiger partial charge in [0.05, 0.1) is 12.6 Å². The van der Waals surface area contributed by atoms with Gasteiger partial charge in [0, 0.05) is 12.6 Å². The van der Waals surface area contributed by atoms with Crippen molar-refractivity contribution in [2.45, 2.75) is 58.5 Å². The minimum Gasteiger partial charge on any atom is -0.465 e. The number of nitrogen functional groups attached to an aromatic ring is 1. The number of rotatable bonds is 2. The van der Waals surface area contributed by atoms with Crippen LogP contribution in [0.4, 0.5) is 11.6 Å². The molecule has 1 saturated heterocycles. The number of aromatic nitrogens is 2. The van der Waals surface area contributed by atoms with Crippen molar-refractivity contribution in [3.63, 3.8) is 0 Å². The molecule has 0 radical (unpaired) electrons. The molecule has 0 bridgehead atoms. The lowest BCUT2D eigenvalue weighted by molar-refractivity contribution is 0.0602. The van der Waals surface area contributed by atoms with Crippen LogP contribution in [0.15, 0.2) is 0 Å². The molecule has 0 saturated carbocycles. The Morgan fingerprint density at radius 2 is 2.05 bits per heavy atom. The van der Waals surface area contributed by atoms with Crippen LogP contribution in [0.3, 0.4) is 0 Å². The first-order valence-electron chi connectivity index (χ1n) is 7.51. The summed E-state index contributed by atoms with van der Waals surface area (Å²) < 4.78 is 6.63. The first kappa shape index (κ1) is 15.7. The van der Waals surface area contributed by atoms with Gasteiger partial charge in [0.2, 0.25) is 0 Å². The zero-order chi connectivity index (χ0) is 15.8. The Morgan fingerprint density at radius 3 is 2.57 bits per heavy atom. The highest BCUT2D eigenvalue weighted by Gasteiger charge is 2.32. The fourth-order valence-electron chi connectivity index (χ4n) is 2.84. The van der Waals surface area contributed by atoms with Crippen LogP contribution in [-0.2, 0) is 10.3 Å². The van der Waals surface area contributed by atoms with Gasteiger partial charge in [-0.25, -0.2) is 9.48 Å². The Hall–Kier alpha value is -1.72. The summed E-state index contributed by atoms with van der Waals surface area (Å²) in [4.78, 5) is 14.3. The van der Waals surface area contributed by atoms with Gasteiger partial charge in [-0.2, -0.15) is 5.10 Å². The quantitative estimate of drug-likeness (QED) is 0.848. The number of hydrogen-bond acceptors (Lipinski definition) is 5. The minimum atomic E-state index is -0.421. The van der Waals surface area contributed by atoms with Crippen molar-refractivity contribution < 1.29 is 9.53 Å². The van der Waals surface area contributed by atoms with E-state index in [4.69, 9.17) is 10.5 Å². The number of nitrogens with two attached hydrogens (primary N) is 1. The molecule has 118 valence electrons. The standard InChI is InChI=1S/C15H26N4O2/c1-10-8-6-7-9-18(10)13-11(14(20)21-5)12(16)19(17-13)15(2,3)4/h10H,6-9,16H2,1-5H3. The van der Waals surface area contributed by atoms with E-state index < -0.39 is 5.97 Å². The van der Waals surface area contributed by atoms with E-state index in [0.717, 1.165) is 19.4 Å². The minimum absolute atomic E-state index is 0.288. The predicted molar refractivity (Wildman–Crippen MR) is 83.6 cm³/mol. The molecule has 0 spiro atoms. The van der Waals surface area contributed by atoms with E-state index in [9.17, 15) is 4.79 Å². The molecule has 2 N–H and O–H groups in total. The smallest absolute Gasteiger partial charge is 0.345 e. The lowest BCUT2D eigenvalue weighted by Gasteiger charge is -2.34. The number of anilines is 2. The van der Waals surface area contributed by atoms with Crippen LogP contribution in [0.25, 0.3) is 0 Å². The average molecular weight is 294 g/mol. The average Bonchev–Trinajstić information content (AvgIpc) is 2.76. The van der Waals surface area contributed by atoms with Crippen molar-refractivity contribution in [3.8, 4) is 0 Å². The molecular formula is C15H26N4O2. The summed E-state index contributed by atoms with van der Waals surface area (Å²) in [7, 11) is 1.37. The number of carbonyl (C=O) groups excluding carboxylic acids is 1. The summed E-state index contributed by atoms with van der Waals surface area (Å²) in [6.45, 7) is 9.10. The molecule has 21 heavy (non-hydrogen) atoms. The highest BCUT2D eigenvalue weighted by atomic mass is 16.5. The summed E-state index contributed by atoms with van der Waals surface area (Å²) in [6.07, 6.45) is 3.41. The van der Waals surface area contributed by atoms with Gasteiger partial charge in [-0.15, -0.1) is 0 Å². The maximum absolute atomic E-state index is 12.2. The number of hydrogen-bond donors (Lipinski definition) is 1. The number of esters is 1. The van der Waals surface area contributed by atoms with Crippen LogP contribution in [0.1, 0.15) is 57.3 Å². The summed E-state index contributed by atoms with van der Waals surface area (Å²) in [5, 5.41) is 4.64. The zero-order valence-electron chi connectivity index (χ0n) is 13.6. The fraction of sp³-hybridized carbons (Fsp3) is 0.733. The summed E-state index contributed by atoms with van der Waals surface area (Å²) in [6, 6.07) is 0.352. The second kappa shape index (κ2) is 5.58. The highest BCUT2D eigenvalue weighted by Crippen LogP contribution is 2.33. The van der Waals surface area contributed by atoms with Gasteiger partial charge < -0.3 is 15.4 Å². The zero-order valence-corrected chi connectivity index (χ0v) is 13.6.